The molecule has 0 aliphatic rings. The quantitative estimate of drug-likeness (QED) is 0.188. The first-order valence-electron chi connectivity index (χ1n) is 12.1. The third kappa shape index (κ3) is 8.35. The van der Waals surface area contributed by atoms with Gasteiger partial charge < -0.3 is 14.8 Å². The largest absolute Gasteiger partial charge is 0.464 e. The zero-order chi connectivity index (χ0) is 25.7. The number of carbonyl (C=O) groups is 4. The second kappa shape index (κ2) is 14.0. The van der Waals surface area contributed by atoms with Gasteiger partial charge in [0.1, 0.15) is 0 Å². The Morgan fingerprint density at radius 3 is 1.89 bits per heavy atom. The van der Waals surface area contributed by atoms with Gasteiger partial charge in [0, 0.05) is 18.9 Å². The number of carbonyl (C=O) groups excluding carboxylic acids is 4. The van der Waals surface area contributed by atoms with Gasteiger partial charge >= 0.3 is 11.9 Å². The molecule has 0 unspecified atom stereocenters. The number of amides is 1. The minimum atomic E-state index is -1.93. The minimum Gasteiger partial charge on any atom is -0.464 e. The zero-order valence-corrected chi connectivity index (χ0v) is 20.8. The first kappa shape index (κ1) is 27.8. The van der Waals surface area contributed by atoms with Crippen molar-refractivity contribution in [3.05, 3.63) is 71.3 Å². The summed E-state index contributed by atoms with van der Waals surface area (Å²) >= 11 is 0. The van der Waals surface area contributed by atoms with Crippen molar-refractivity contribution in [1.82, 2.24) is 5.32 Å². The number of aryl methyl sites for hydroxylation is 2. The van der Waals surface area contributed by atoms with Crippen LogP contribution in [0, 0.1) is 0 Å². The average Bonchev–Trinajstić information content (AvgIpc) is 2.85. The number of Topliss-reactive ketones (excluding diaryl/α,β-unsaturated/α-hetero) is 1. The molecule has 2 aromatic rings. The van der Waals surface area contributed by atoms with Gasteiger partial charge in [-0.25, -0.2) is 9.59 Å². The van der Waals surface area contributed by atoms with E-state index in [0.717, 1.165) is 24.8 Å². The molecule has 0 aromatic heterocycles. The van der Waals surface area contributed by atoms with Crippen LogP contribution in [0.2, 0.25) is 0 Å². The van der Waals surface area contributed by atoms with Crippen LogP contribution >= 0.6 is 0 Å². The Bertz CT molecular complexity index is 966. The molecule has 188 valence electrons. The molecule has 0 radical (unpaired) electrons. The maximum atomic E-state index is 12.7. The molecule has 0 bridgehead atoms. The van der Waals surface area contributed by atoms with E-state index in [1.807, 2.05) is 18.2 Å². The summed E-state index contributed by atoms with van der Waals surface area (Å²) in [5.74, 6) is -2.17. The van der Waals surface area contributed by atoms with Gasteiger partial charge in [-0.3, -0.25) is 9.59 Å². The molecule has 0 aliphatic carbocycles. The van der Waals surface area contributed by atoms with Crippen LogP contribution in [0.4, 0.5) is 0 Å². The number of nitrogens with one attached hydrogen (secondary N) is 1. The number of unbranched alkanes of at least 4 members (excludes halogenated alkanes) is 1. The molecule has 0 aliphatic heterocycles. The Labute approximate surface area is 207 Å². The molecule has 7 nitrogen and oxygen atoms in total. The Balaban J connectivity index is 2.00. The van der Waals surface area contributed by atoms with Crippen LogP contribution < -0.4 is 5.32 Å². The summed E-state index contributed by atoms with van der Waals surface area (Å²) in [6, 6.07) is 17.3. The lowest BCUT2D eigenvalue weighted by Gasteiger charge is -2.29. The second-order valence-electron chi connectivity index (χ2n) is 8.34. The van der Waals surface area contributed by atoms with Crippen LogP contribution in [0.15, 0.2) is 54.6 Å². The first-order valence-corrected chi connectivity index (χ1v) is 12.1. The van der Waals surface area contributed by atoms with E-state index in [0.29, 0.717) is 18.4 Å². The fraction of sp³-hybridized carbons (Fsp3) is 0.429. The summed E-state index contributed by atoms with van der Waals surface area (Å²) < 4.78 is 10.2. The Morgan fingerprint density at radius 1 is 0.771 bits per heavy atom. The summed E-state index contributed by atoms with van der Waals surface area (Å²) in [5.41, 5.74) is 0.780. The highest BCUT2D eigenvalue weighted by atomic mass is 16.6. The molecule has 0 atom stereocenters. The van der Waals surface area contributed by atoms with Gasteiger partial charge in [-0.1, -0.05) is 54.6 Å². The van der Waals surface area contributed by atoms with E-state index in [1.54, 1.807) is 38.1 Å². The van der Waals surface area contributed by atoms with Crippen molar-refractivity contribution in [3.63, 3.8) is 0 Å². The Kier molecular flexibility index (Phi) is 11.1. The molecule has 1 N–H and O–H groups in total. The van der Waals surface area contributed by atoms with Gasteiger partial charge in [0.15, 0.2) is 5.78 Å². The van der Waals surface area contributed by atoms with Gasteiger partial charge in [-0.2, -0.15) is 0 Å². The Morgan fingerprint density at radius 2 is 1.34 bits per heavy atom. The number of ketones is 1. The molecular weight excluding hydrogens is 446 g/mol. The van der Waals surface area contributed by atoms with E-state index in [-0.39, 0.29) is 25.4 Å². The van der Waals surface area contributed by atoms with E-state index >= 15 is 0 Å². The van der Waals surface area contributed by atoms with Crippen LogP contribution in [-0.2, 0) is 36.7 Å². The van der Waals surface area contributed by atoms with Gasteiger partial charge in [-0.05, 0) is 57.1 Å². The molecule has 35 heavy (non-hydrogen) atoms. The molecule has 2 aromatic carbocycles. The predicted molar refractivity (Wildman–Crippen MR) is 133 cm³/mol. The molecule has 0 heterocycles. The lowest BCUT2D eigenvalue weighted by atomic mass is 9.90. The van der Waals surface area contributed by atoms with E-state index in [4.69, 9.17) is 9.47 Å². The van der Waals surface area contributed by atoms with Crippen molar-refractivity contribution >= 4 is 23.6 Å². The van der Waals surface area contributed by atoms with Gasteiger partial charge in [-0.15, -0.1) is 0 Å². The van der Waals surface area contributed by atoms with Gasteiger partial charge in [0.25, 0.3) is 0 Å². The molecular formula is C28H35NO6. The van der Waals surface area contributed by atoms with E-state index < -0.39 is 23.4 Å². The van der Waals surface area contributed by atoms with E-state index in [9.17, 15) is 19.2 Å². The molecule has 1 amide bonds. The summed E-state index contributed by atoms with van der Waals surface area (Å²) in [6.07, 6.45) is 3.45. The number of rotatable bonds is 14. The van der Waals surface area contributed by atoms with Gasteiger partial charge in [0.05, 0.1) is 13.2 Å². The number of esters is 2. The SMILES string of the molecule is CCOC(=O)C(CCc1ccc(C(=O)CCCCc2ccccc2)cc1)(NC(C)=O)C(=O)OCC. The van der Waals surface area contributed by atoms with Crippen LogP contribution in [0.1, 0.15) is 67.9 Å². The standard InChI is InChI=1S/C28H35NO6/c1-4-34-26(32)28(29-21(3)30,27(33)35-5-2)20-19-23-15-17-24(18-16-23)25(31)14-10-9-13-22-11-7-6-8-12-22/h6-8,11-12,15-18H,4-5,9-10,13-14,19-20H2,1-3H3,(H,29,30). The van der Waals surface area contributed by atoms with E-state index in [1.165, 1.54) is 12.5 Å². The number of benzene rings is 2. The highest BCUT2D eigenvalue weighted by Crippen LogP contribution is 2.21. The molecule has 0 saturated carbocycles. The van der Waals surface area contributed by atoms with Gasteiger partial charge in [0.2, 0.25) is 11.4 Å². The first-order chi connectivity index (χ1) is 16.8. The van der Waals surface area contributed by atoms with Crippen LogP contribution in [-0.4, -0.2) is 42.4 Å². The fourth-order valence-electron chi connectivity index (χ4n) is 3.85. The number of hydrogen-bond donors (Lipinski definition) is 1. The minimum absolute atomic E-state index is 0.0307. The molecule has 2 rings (SSSR count). The summed E-state index contributed by atoms with van der Waals surface area (Å²) in [7, 11) is 0. The second-order valence-corrected chi connectivity index (χ2v) is 8.34. The molecule has 0 fully saturated rings. The maximum Gasteiger partial charge on any atom is 0.343 e. The fourth-order valence-corrected chi connectivity index (χ4v) is 3.85. The van der Waals surface area contributed by atoms with Crippen molar-refractivity contribution < 1.29 is 28.7 Å². The maximum absolute atomic E-state index is 12.7. The molecule has 0 spiro atoms. The van der Waals surface area contributed by atoms with E-state index in [2.05, 4.69) is 17.4 Å². The van der Waals surface area contributed by atoms with Crippen LogP contribution in [0.3, 0.4) is 0 Å². The highest BCUT2D eigenvalue weighted by molar-refractivity contribution is 6.07. The van der Waals surface area contributed by atoms with Crippen molar-refractivity contribution in [3.8, 4) is 0 Å². The summed E-state index contributed by atoms with van der Waals surface area (Å²) in [6.45, 7) is 4.59. The van der Waals surface area contributed by atoms with Crippen molar-refractivity contribution in [2.45, 2.75) is 64.8 Å². The predicted octanol–water partition coefficient (Wildman–Crippen LogP) is 4.22. The Hall–Kier alpha value is -3.48. The third-order valence-electron chi connectivity index (χ3n) is 5.66. The van der Waals surface area contributed by atoms with Crippen LogP contribution in [0.5, 0.6) is 0 Å². The summed E-state index contributed by atoms with van der Waals surface area (Å²) in [5, 5.41) is 2.46. The number of ether oxygens (including phenoxy) is 2. The average molecular weight is 482 g/mol. The zero-order valence-electron chi connectivity index (χ0n) is 20.8. The number of hydrogen-bond acceptors (Lipinski definition) is 6. The monoisotopic (exact) mass is 481 g/mol. The smallest absolute Gasteiger partial charge is 0.343 e. The lowest BCUT2D eigenvalue weighted by Crippen LogP contribution is -2.61. The third-order valence-corrected chi connectivity index (χ3v) is 5.66. The van der Waals surface area contributed by atoms with Crippen molar-refractivity contribution in [2.24, 2.45) is 0 Å². The normalized spacial score (nSPS) is 10.9. The lowest BCUT2D eigenvalue weighted by molar-refractivity contribution is -0.168. The van der Waals surface area contributed by atoms with Crippen molar-refractivity contribution in [2.75, 3.05) is 13.2 Å². The molecule has 7 heteroatoms. The van der Waals surface area contributed by atoms with Crippen molar-refractivity contribution in [1.29, 1.82) is 0 Å². The molecule has 0 saturated heterocycles. The summed E-state index contributed by atoms with van der Waals surface area (Å²) in [4.78, 5) is 49.8. The van der Waals surface area contributed by atoms with Crippen LogP contribution in [0.25, 0.3) is 0 Å². The highest BCUT2D eigenvalue weighted by Gasteiger charge is 2.49. The topological polar surface area (TPSA) is 98.8 Å².